The molecule has 0 aliphatic carbocycles. The zero-order valence-electron chi connectivity index (χ0n) is 10.5. The molecule has 0 radical (unpaired) electrons. The van der Waals surface area contributed by atoms with Crippen molar-refractivity contribution in [2.75, 3.05) is 14.1 Å². The number of hydrogen-bond donors (Lipinski definition) is 0. The van der Waals surface area contributed by atoms with E-state index in [1.807, 2.05) is 19.1 Å². The summed E-state index contributed by atoms with van der Waals surface area (Å²) in [4.78, 5) is 13.2. The van der Waals surface area contributed by atoms with Crippen LogP contribution in [0, 0.1) is 6.92 Å². The minimum atomic E-state index is -0.145. The summed E-state index contributed by atoms with van der Waals surface area (Å²) >= 11 is 5.91. The maximum Gasteiger partial charge on any atom is 0.289 e. The molecule has 1 heterocycles. The van der Waals surface area contributed by atoms with Gasteiger partial charge < -0.3 is 9.32 Å². The summed E-state index contributed by atoms with van der Waals surface area (Å²) in [7, 11) is 3.39. The van der Waals surface area contributed by atoms with Crippen LogP contribution in [0.3, 0.4) is 0 Å². The lowest BCUT2D eigenvalue weighted by molar-refractivity contribution is 0.0797. The normalized spacial score (nSPS) is 10.4. The molecule has 0 N–H and O–H groups in total. The van der Waals surface area contributed by atoms with Crippen molar-refractivity contribution in [2.24, 2.45) is 0 Å². The highest BCUT2D eigenvalue weighted by Gasteiger charge is 2.14. The fourth-order valence-electron chi connectivity index (χ4n) is 1.72. The highest BCUT2D eigenvalue weighted by Crippen LogP contribution is 2.27. The molecule has 3 nitrogen and oxygen atoms in total. The molecule has 1 amide bonds. The van der Waals surface area contributed by atoms with E-state index in [2.05, 4.69) is 0 Å². The van der Waals surface area contributed by atoms with E-state index in [0.717, 1.165) is 11.1 Å². The molecular weight excluding hydrogens is 250 g/mol. The molecular formula is C14H14ClNO2. The van der Waals surface area contributed by atoms with Crippen LogP contribution in [0.2, 0.25) is 5.02 Å². The molecule has 0 fully saturated rings. The fourth-order valence-corrected chi connectivity index (χ4v) is 1.95. The number of hydrogen-bond acceptors (Lipinski definition) is 2. The minimum Gasteiger partial charge on any atom is -0.451 e. The molecule has 0 atom stereocenters. The minimum absolute atomic E-state index is 0.145. The van der Waals surface area contributed by atoms with Crippen LogP contribution < -0.4 is 0 Å². The van der Waals surface area contributed by atoms with Crippen molar-refractivity contribution in [1.29, 1.82) is 0 Å². The summed E-state index contributed by atoms with van der Waals surface area (Å²) in [5, 5.41) is 0.687. The first-order valence-electron chi connectivity index (χ1n) is 5.57. The molecule has 1 aromatic carbocycles. The second kappa shape index (κ2) is 4.86. The van der Waals surface area contributed by atoms with E-state index in [9.17, 15) is 4.79 Å². The van der Waals surface area contributed by atoms with Crippen LogP contribution in [0.15, 0.2) is 34.7 Å². The quantitative estimate of drug-likeness (QED) is 0.829. The van der Waals surface area contributed by atoms with Crippen LogP contribution in [0.25, 0.3) is 11.3 Å². The largest absolute Gasteiger partial charge is 0.451 e. The van der Waals surface area contributed by atoms with Crippen LogP contribution >= 0.6 is 11.6 Å². The second-order valence-corrected chi connectivity index (χ2v) is 4.76. The molecule has 1 aromatic heterocycles. The standard InChI is InChI=1S/C14H14ClNO2/c1-9-8-10(15)4-5-11(9)12-6-7-13(18-12)14(17)16(2)3/h4-8H,1-3H3. The van der Waals surface area contributed by atoms with Crippen molar-refractivity contribution in [3.63, 3.8) is 0 Å². The van der Waals surface area contributed by atoms with Gasteiger partial charge in [-0.15, -0.1) is 0 Å². The lowest BCUT2D eigenvalue weighted by atomic mass is 10.1. The maximum absolute atomic E-state index is 11.7. The van der Waals surface area contributed by atoms with Gasteiger partial charge in [0.05, 0.1) is 0 Å². The van der Waals surface area contributed by atoms with Crippen molar-refractivity contribution in [3.05, 3.63) is 46.7 Å². The van der Waals surface area contributed by atoms with Crippen molar-refractivity contribution in [3.8, 4) is 11.3 Å². The number of halogens is 1. The Morgan fingerprint density at radius 1 is 1.22 bits per heavy atom. The van der Waals surface area contributed by atoms with Gasteiger partial charge in [0.25, 0.3) is 5.91 Å². The van der Waals surface area contributed by atoms with E-state index in [1.54, 1.807) is 32.3 Å². The van der Waals surface area contributed by atoms with Gasteiger partial charge in [0.15, 0.2) is 5.76 Å². The van der Waals surface area contributed by atoms with Gasteiger partial charge in [0.1, 0.15) is 5.76 Å². The Kier molecular flexibility index (Phi) is 3.43. The lowest BCUT2D eigenvalue weighted by Crippen LogP contribution is -2.20. The van der Waals surface area contributed by atoms with Crippen LogP contribution in [0.1, 0.15) is 16.1 Å². The highest BCUT2D eigenvalue weighted by molar-refractivity contribution is 6.30. The van der Waals surface area contributed by atoms with Crippen LogP contribution in [0.5, 0.6) is 0 Å². The first-order chi connectivity index (χ1) is 8.49. The van der Waals surface area contributed by atoms with Crippen molar-refractivity contribution in [2.45, 2.75) is 6.92 Å². The average molecular weight is 264 g/mol. The SMILES string of the molecule is Cc1cc(Cl)ccc1-c1ccc(C(=O)N(C)C)o1. The third-order valence-electron chi connectivity index (χ3n) is 2.68. The van der Waals surface area contributed by atoms with Crippen molar-refractivity contribution in [1.82, 2.24) is 4.90 Å². The molecule has 0 saturated carbocycles. The summed E-state index contributed by atoms with van der Waals surface area (Å²) in [6.45, 7) is 1.96. The van der Waals surface area contributed by atoms with Crippen molar-refractivity contribution < 1.29 is 9.21 Å². The van der Waals surface area contributed by atoms with E-state index >= 15 is 0 Å². The number of carbonyl (C=O) groups excluding carboxylic acids is 1. The summed E-state index contributed by atoms with van der Waals surface area (Å²) < 4.78 is 5.58. The topological polar surface area (TPSA) is 33.5 Å². The van der Waals surface area contributed by atoms with E-state index in [4.69, 9.17) is 16.0 Å². The molecule has 18 heavy (non-hydrogen) atoms. The first-order valence-corrected chi connectivity index (χ1v) is 5.95. The Bertz CT molecular complexity index is 587. The van der Waals surface area contributed by atoms with Gasteiger partial charge in [-0.1, -0.05) is 11.6 Å². The van der Waals surface area contributed by atoms with Gasteiger partial charge in [0.2, 0.25) is 0 Å². The maximum atomic E-state index is 11.7. The molecule has 0 saturated heterocycles. The average Bonchev–Trinajstić information content (AvgIpc) is 2.77. The molecule has 0 spiro atoms. The molecule has 0 unspecified atom stereocenters. The number of nitrogens with zero attached hydrogens (tertiary/aromatic N) is 1. The summed E-state index contributed by atoms with van der Waals surface area (Å²) in [5.74, 6) is 0.867. The lowest BCUT2D eigenvalue weighted by Gasteiger charge is -2.07. The molecule has 0 bridgehead atoms. The van der Waals surface area contributed by atoms with Crippen LogP contribution in [-0.2, 0) is 0 Å². The summed E-state index contributed by atoms with van der Waals surface area (Å²) in [5.41, 5.74) is 1.96. The number of aryl methyl sites for hydroxylation is 1. The zero-order chi connectivity index (χ0) is 13.3. The van der Waals surface area contributed by atoms with Crippen LogP contribution in [-0.4, -0.2) is 24.9 Å². The van der Waals surface area contributed by atoms with E-state index in [0.29, 0.717) is 16.5 Å². The third-order valence-corrected chi connectivity index (χ3v) is 2.91. The van der Waals surface area contributed by atoms with Gasteiger partial charge in [-0.05, 0) is 42.8 Å². The Morgan fingerprint density at radius 2 is 1.94 bits per heavy atom. The third kappa shape index (κ3) is 2.41. The molecule has 0 aliphatic rings. The van der Waals surface area contributed by atoms with Gasteiger partial charge in [-0.2, -0.15) is 0 Å². The van der Waals surface area contributed by atoms with Gasteiger partial charge in [-0.3, -0.25) is 4.79 Å². The molecule has 2 aromatic rings. The van der Waals surface area contributed by atoms with E-state index in [1.165, 1.54) is 4.90 Å². The number of furan rings is 1. The fraction of sp³-hybridized carbons (Fsp3) is 0.214. The Labute approximate surface area is 111 Å². The highest BCUT2D eigenvalue weighted by atomic mass is 35.5. The molecule has 4 heteroatoms. The monoisotopic (exact) mass is 263 g/mol. The Morgan fingerprint density at radius 3 is 2.56 bits per heavy atom. The van der Waals surface area contributed by atoms with E-state index < -0.39 is 0 Å². The van der Waals surface area contributed by atoms with Gasteiger partial charge >= 0.3 is 0 Å². The van der Waals surface area contributed by atoms with Crippen molar-refractivity contribution >= 4 is 17.5 Å². The zero-order valence-corrected chi connectivity index (χ0v) is 11.3. The predicted molar refractivity (Wildman–Crippen MR) is 71.9 cm³/mol. The number of carbonyl (C=O) groups is 1. The number of benzene rings is 1. The van der Waals surface area contributed by atoms with Gasteiger partial charge in [-0.25, -0.2) is 0 Å². The number of amides is 1. The molecule has 2 rings (SSSR count). The number of rotatable bonds is 2. The van der Waals surface area contributed by atoms with Crippen LogP contribution in [0.4, 0.5) is 0 Å². The first kappa shape index (κ1) is 12.7. The summed E-state index contributed by atoms with van der Waals surface area (Å²) in [6.07, 6.45) is 0. The second-order valence-electron chi connectivity index (χ2n) is 4.32. The van der Waals surface area contributed by atoms with Gasteiger partial charge in [0, 0.05) is 24.7 Å². The smallest absolute Gasteiger partial charge is 0.289 e. The molecule has 0 aliphatic heterocycles. The van der Waals surface area contributed by atoms with E-state index in [-0.39, 0.29) is 5.91 Å². The summed E-state index contributed by atoms with van der Waals surface area (Å²) in [6, 6.07) is 9.05. The Balaban J connectivity index is 2.38. The predicted octanol–water partition coefficient (Wildman–Crippen LogP) is 3.61. The molecule has 94 valence electrons. The Hall–Kier alpha value is -1.74.